The van der Waals surface area contributed by atoms with Gasteiger partial charge in [0.15, 0.2) is 9.84 Å². The Labute approximate surface area is 147 Å². The molecule has 0 aliphatic heterocycles. The van der Waals surface area contributed by atoms with Gasteiger partial charge in [0.2, 0.25) is 0 Å². The lowest BCUT2D eigenvalue weighted by atomic mass is 10.2. The average Bonchev–Trinajstić information content (AvgIpc) is 2.54. The molecule has 134 valence electrons. The van der Waals surface area contributed by atoms with Crippen LogP contribution in [0.15, 0.2) is 58.3 Å². The molecule has 0 spiro atoms. The van der Waals surface area contributed by atoms with Crippen molar-refractivity contribution in [2.75, 3.05) is 25.1 Å². The molecule has 7 nitrogen and oxygen atoms in total. The van der Waals surface area contributed by atoms with Gasteiger partial charge in [-0.25, -0.2) is 16.8 Å². The lowest BCUT2D eigenvalue weighted by molar-refractivity contribution is 0.0827. The predicted octanol–water partition coefficient (Wildman–Crippen LogP) is 1.59. The highest BCUT2D eigenvalue weighted by Crippen LogP contribution is 2.19. The number of anilines is 1. The van der Waals surface area contributed by atoms with Crippen molar-refractivity contribution in [1.82, 2.24) is 4.90 Å². The lowest BCUT2D eigenvalue weighted by Gasteiger charge is -2.12. The number of carbonyl (C=O) groups excluding carboxylic acids is 1. The summed E-state index contributed by atoms with van der Waals surface area (Å²) in [4.78, 5) is 13.2. The summed E-state index contributed by atoms with van der Waals surface area (Å²) in [6.45, 7) is 0. The molecular formula is C16H18N2O5S2. The largest absolute Gasteiger partial charge is 0.345 e. The quantitative estimate of drug-likeness (QED) is 0.846. The molecule has 0 unspecified atom stereocenters. The first kappa shape index (κ1) is 18.9. The Morgan fingerprint density at radius 1 is 0.840 bits per heavy atom. The van der Waals surface area contributed by atoms with E-state index in [9.17, 15) is 21.6 Å². The van der Waals surface area contributed by atoms with E-state index in [4.69, 9.17) is 0 Å². The van der Waals surface area contributed by atoms with E-state index in [2.05, 4.69) is 4.72 Å². The number of carbonyl (C=O) groups is 1. The molecule has 0 aromatic heterocycles. The molecule has 0 radical (unpaired) electrons. The highest BCUT2D eigenvalue weighted by molar-refractivity contribution is 7.92. The molecule has 0 atom stereocenters. The summed E-state index contributed by atoms with van der Waals surface area (Å²) >= 11 is 0. The van der Waals surface area contributed by atoms with Gasteiger partial charge >= 0.3 is 0 Å². The summed E-state index contributed by atoms with van der Waals surface area (Å²) < 4.78 is 49.9. The maximum absolute atomic E-state index is 12.4. The van der Waals surface area contributed by atoms with Crippen LogP contribution in [0.4, 0.5) is 5.69 Å². The van der Waals surface area contributed by atoms with E-state index in [1.807, 2.05) is 0 Å². The first-order valence-electron chi connectivity index (χ1n) is 7.15. The third-order valence-electron chi connectivity index (χ3n) is 3.35. The molecule has 9 heteroatoms. The van der Waals surface area contributed by atoms with Gasteiger partial charge < -0.3 is 4.90 Å². The van der Waals surface area contributed by atoms with Crippen molar-refractivity contribution in [3.05, 3.63) is 54.1 Å². The lowest BCUT2D eigenvalue weighted by Crippen LogP contribution is -2.21. The molecule has 2 rings (SSSR count). The van der Waals surface area contributed by atoms with Gasteiger partial charge in [0.05, 0.1) is 9.79 Å². The SMILES string of the molecule is CN(C)C(=O)c1ccc(NS(=O)(=O)c2ccc(S(C)(=O)=O)cc2)cc1. The Morgan fingerprint density at radius 2 is 1.32 bits per heavy atom. The molecule has 2 aromatic carbocycles. The zero-order valence-electron chi connectivity index (χ0n) is 13.9. The van der Waals surface area contributed by atoms with Crippen molar-refractivity contribution >= 4 is 31.5 Å². The number of benzene rings is 2. The van der Waals surface area contributed by atoms with E-state index in [1.165, 1.54) is 53.4 Å². The Balaban J connectivity index is 2.22. The zero-order valence-corrected chi connectivity index (χ0v) is 15.6. The van der Waals surface area contributed by atoms with Crippen LogP contribution in [-0.2, 0) is 19.9 Å². The van der Waals surface area contributed by atoms with Crippen LogP contribution in [0.5, 0.6) is 0 Å². The molecule has 0 aliphatic rings. The Bertz CT molecular complexity index is 978. The predicted molar refractivity (Wildman–Crippen MR) is 94.8 cm³/mol. The van der Waals surface area contributed by atoms with Crippen LogP contribution < -0.4 is 4.72 Å². The molecule has 2 aromatic rings. The first-order valence-corrected chi connectivity index (χ1v) is 10.5. The van der Waals surface area contributed by atoms with Crippen LogP contribution in [-0.4, -0.2) is 48.0 Å². The van der Waals surface area contributed by atoms with E-state index in [1.54, 1.807) is 14.1 Å². The molecule has 1 amide bonds. The van der Waals surface area contributed by atoms with Crippen LogP contribution in [0.3, 0.4) is 0 Å². The molecule has 25 heavy (non-hydrogen) atoms. The highest BCUT2D eigenvalue weighted by Gasteiger charge is 2.16. The molecule has 0 aliphatic carbocycles. The molecule has 1 N–H and O–H groups in total. The maximum Gasteiger partial charge on any atom is 0.261 e. The number of sulfonamides is 1. The second kappa shape index (κ2) is 6.85. The minimum absolute atomic E-state index is 0.0398. The molecule has 0 bridgehead atoms. The minimum Gasteiger partial charge on any atom is -0.345 e. The van der Waals surface area contributed by atoms with Gasteiger partial charge in [0.1, 0.15) is 0 Å². The molecule has 0 fully saturated rings. The van der Waals surface area contributed by atoms with E-state index in [0.29, 0.717) is 11.3 Å². The van der Waals surface area contributed by atoms with Crippen molar-refractivity contribution in [3.63, 3.8) is 0 Å². The van der Waals surface area contributed by atoms with Crippen molar-refractivity contribution in [2.24, 2.45) is 0 Å². The monoisotopic (exact) mass is 382 g/mol. The molecule has 0 saturated heterocycles. The molecule has 0 heterocycles. The summed E-state index contributed by atoms with van der Waals surface area (Å²) in [5.41, 5.74) is 0.730. The zero-order chi connectivity index (χ0) is 18.8. The van der Waals surface area contributed by atoms with Crippen molar-refractivity contribution in [1.29, 1.82) is 0 Å². The topological polar surface area (TPSA) is 101 Å². The Kier molecular flexibility index (Phi) is 5.19. The van der Waals surface area contributed by atoms with Gasteiger partial charge in [-0.3, -0.25) is 9.52 Å². The van der Waals surface area contributed by atoms with Gasteiger partial charge in [-0.1, -0.05) is 0 Å². The Hall–Kier alpha value is -2.39. The van der Waals surface area contributed by atoms with Gasteiger partial charge in [0.25, 0.3) is 15.9 Å². The van der Waals surface area contributed by atoms with E-state index in [-0.39, 0.29) is 15.7 Å². The van der Waals surface area contributed by atoms with E-state index in [0.717, 1.165) is 6.26 Å². The number of hydrogen-bond donors (Lipinski definition) is 1. The smallest absolute Gasteiger partial charge is 0.261 e. The van der Waals surface area contributed by atoms with Gasteiger partial charge in [-0.05, 0) is 48.5 Å². The van der Waals surface area contributed by atoms with Crippen LogP contribution in [0, 0.1) is 0 Å². The van der Waals surface area contributed by atoms with Gasteiger partial charge in [-0.2, -0.15) is 0 Å². The number of amides is 1. The summed E-state index contributed by atoms with van der Waals surface area (Å²) in [7, 11) is -4.01. The first-order chi connectivity index (χ1) is 11.5. The third kappa shape index (κ3) is 4.58. The second-order valence-corrected chi connectivity index (χ2v) is 9.32. The van der Waals surface area contributed by atoms with Crippen molar-refractivity contribution in [3.8, 4) is 0 Å². The van der Waals surface area contributed by atoms with E-state index >= 15 is 0 Å². The van der Waals surface area contributed by atoms with Gasteiger partial charge in [-0.15, -0.1) is 0 Å². The summed E-state index contributed by atoms with van der Waals surface area (Å²) in [5, 5.41) is 0. The average molecular weight is 382 g/mol. The summed E-state index contributed by atoms with van der Waals surface area (Å²) in [6, 6.07) is 10.9. The van der Waals surface area contributed by atoms with Crippen molar-refractivity contribution in [2.45, 2.75) is 9.79 Å². The standard InChI is InChI=1S/C16H18N2O5S2/c1-18(2)16(19)12-4-6-13(7-5-12)17-25(22,23)15-10-8-14(9-11-15)24(3,20)21/h4-11,17H,1-3H3. The number of sulfone groups is 1. The fraction of sp³-hybridized carbons (Fsp3) is 0.188. The summed E-state index contributed by atoms with van der Waals surface area (Å²) in [6.07, 6.45) is 1.05. The van der Waals surface area contributed by atoms with Crippen LogP contribution in [0.2, 0.25) is 0 Å². The molecule has 0 saturated carbocycles. The van der Waals surface area contributed by atoms with Crippen LogP contribution >= 0.6 is 0 Å². The second-order valence-electron chi connectivity index (χ2n) is 5.63. The van der Waals surface area contributed by atoms with Crippen molar-refractivity contribution < 1.29 is 21.6 Å². The number of rotatable bonds is 5. The van der Waals surface area contributed by atoms with Crippen LogP contribution in [0.1, 0.15) is 10.4 Å². The maximum atomic E-state index is 12.4. The normalized spacial score (nSPS) is 11.8. The number of hydrogen-bond acceptors (Lipinski definition) is 5. The number of nitrogens with one attached hydrogen (secondary N) is 1. The number of nitrogens with zero attached hydrogens (tertiary/aromatic N) is 1. The highest BCUT2D eigenvalue weighted by atomic mass is 32.2. The molecular weight excluding hydrogens is 364 g/mol. The van der Waals surface area contributed by atoms with Gasteiger partial charge in [0, 0.05) is 31.6 Å². The third-order valence-corrected chi connectivity index (χ3v) is 5.88. The minimum atomic E-state index is -3.87. The fourth-order valence-corrected chi connectivity index (χ4v) is 3.71. The fourth-order valence-electron chi connectivity index (χ4n) is 2.02. The van der Waals surface area contributed by atoms with Crippen LogP contribution in [0.25, 0.3) is 0 Å². The van der Waals surface area contributed by atoms with E-state index < -0.39 is 19.9 Å². The summed E-state index contributed by atoms with van der Waals surface area (Å²) in [5.74, 6) is -0.189. The Morgan fingerprint density at radius 3 is 1.76 bits per heavy atom.